The molecule has 1 atom stereocenters. The van der Waals surface area contributed by atoms with Gasteiger partial charge in [-0.2, -0.15) is 0 Å². The number of nitrogens with zero attached hydrogens (tertiary/aromatic N) is 3. The molecule has 28 heavy (non-hydrogen) atoms. The van der Waals surface area contributed by atoms with E-state index in [4.69, 9.17) is 4.74 Å². The van der Waals surface area contributed by atoms with Gasteiger partial charge in [-0.25, -0.2) is 4.98 Å². The number of aryl methyl sites for hydroxylation is 1. The molecule has 0 aromatic carbocycles. The number of hydrogen-bond acceptors (Lipinski definition) is 5. The van der Waals surface area contributed by atoms with E-state index >= 15 is 0 Å². The Morgan fingerprint density at radius 2 is 2.14 bits per heavy atom. The first-order chi connectivity index (χ1) is 13.4. The quantitative estimate of drug-likeness (QED) is 0.798. The van der Waals surface area contributed by atoms with Crippen molar-refractivity contribution in [1.82, 2.24) is 24.9 Å². The van der Waals surface area contributed by atoms with Crippen LogP contribution in [0.3, 0.4) is 0 Å². The van der Waals surface area contributed by atoms with Crippen LogP contribution in [0.1, 0.15) is 25.2 Å². The zero-order valence-electron chi connectivity index (χ0n) is 16.6. The second-order valence-electron chi connectivity index (χ2n) is 8.13. The van der Waals surface area contributed by atoms with E-state index in [0.717, 1.165) is 16.9 Å². The largest absolute Gasteiger partial charge is 0.380 e. The number of fused-ring (bicyclic) bond motifs is 1. The fourth-order valence-electron chi connectivity index (χ4n) is 3.89. The lowest BCUT2D eigenvalue weighted by Gasteiger charge is -2.40. The molecule has 0 bridgehead atoms. The van der Waals surface area contributed by atoms with Gasteiger partial charge in [-0.15, -0.1) is 0 Å². The van der Waals surface area contributed by atoms with Crippen LogP contribution in [0.2, 0.25) is 0 Å². The Kier molecular flexibility index (Phi) is 4.84. The van der Waals surface area contributed by atoms with Crippen molar-refractivity contribution in [3.8, 4) is 0 Å². The monoisotopic (exact) mass is 385 g/mol. The van der Waals surface area contributed by atoms with Gasteiger partial charge in [0.2, 0.25) is 11.8 Å². The van der Waals surface area contributed by atoms with Crippen LogP contribution in [-0.2, 0) is 19.9 Å². The molecule has 2 aromatic heterocycles. The van der Waals surface area contributed by atoms with Gasteiger partial charge in [0.1, 0.15) is 11.9 Å². The zero-order chi connectivity index (χ0) is 19.9. The number of amides is 2. The third-order valence-electron chi connectivity index (χ3n) is 5.59. The number of carbonyl (C=O) groups excluding carboxylic acids is 2. The Hall–Kier alpha value is -2.45. The second kappa shape index (κ2) is 7.18. The van der Waals surface area contributed by atoms with Gasteiger partial charge in [-0.3, -0.25) is 9.59 Å². The standard InChI is InChI=1S/C20H27N5O3/c1-13-5-4-7-25-15(13)10-22-19(25)20(2,3)23-17(26)16-9-21-6-8-24(16)18(27)14-11-28-12-14/h4-5,7,10,14,16,21H,6,8-9,11-12H2,1-3H3,(H,23,26)/t16-/m1/s1. The molecule has 2 aromatic rings. The highest BCUT2D eigenvalue weighted by Gasteiger charge is 2.40. The Morgan fingerprint density at radius 3 is 2.86 bits per heavy atom. The molecular weight excluding hydrogens is 358 g/mol. The third-order valence-corrected chi connectivity index (χ3v) is 5.59. The summed E-state index contributed by atoms with van der Waals surface area (Å²) in [5.41, 5.74) is 1.45. The summed E-state index contributed by atoms with van der Waals surface area (Å²) in [4.78, 5) is 32.1. The molecule has 2 N–H and O–H groups in total. The molecule has 8 nitrogen and oxygen atoms in total. The molecule has 2 saturated heterocycles. The van der Waals surface area contributed by atoms with E-state index in [9.17, 15) is 9.59 Å². The number of imidazole rings is 1. The van der Waals surface area contributed by atoms with E-state index in [1.54, 1.807) is 4.90 Å². The molecule has 0 saturated carbocycles. The molecule has 2 amide bonds. The number of rotatable bonds is 4. The van der Waals surface area contributed by atoms with Crippen LogP contribution in [0.5, 0.6) is 0 Å². The van der Waals surface area contributed by atoms with Crippen molar-refractivity contribution in [2.75, 3.05) is 32.8 Å². The van der Waals surface area contributed by atoms with Crippen molar-refractivity contribution in [1.29, 1.82) is 0 Å². The molecular formula is C20H27N5O3. The lowest BCUT2D eigenvalue weighted by Crippen LogP contribution is -2.63. The molecule has 0 spiro atoms. The Morgan fingerprint density at radius 1 is 1.36 bits per heavy atom. The first-order valence-electron chi connectivity index (χ1n) is 9.72. The van der Waals surface area contributed by atoms with Gasteiger partial charge in [0, 0.05) is 25.8 Å². The predicted molar refractivity (Wildman–Crippen MR) is 104 cm³/mol. The van der Waals surface area contributed by atoms with Crippen molar-refractivity contribution in [3.63, 3.8) is 0 Å². The van der Waals surface area contributed by atoms with E-state index in [1.165, 1.54) is 0 Å². The highest BCUT2D eigenvalue weighted by molar-refractivity contribution is 5.89. The van der Waals surface area contributed by atoms with E-state index in [0.29, 0.717) is 32.8 Å². The molecule has 8 heteroatoms. The zero-order valence-corrected chi connectivity index (χ0v) is 16.6. The molecule has 2 aliphatic heterocycles. The molecule has 4 rings (SSSR count). The minimum Gasteiger partial charge on any atom is -0.380 e. The maximum atomic E-state index is 13.1. The molecule has 0 aliphatic carbocycles. The molecule has 2 aliphatic rings. The summed E-state index contributed by atoms with van der Waals surface area (Å²) in [6, 6.07) is 3.47. The fraction of sp³-hybridized carbons (Fsp3) is 0.550. The number of piperazine rings is 1. The molecule has 150 valence electrons. The molecule has 2 fully saturated rings. The summed E-state index contributed by atoms with van der Waals surface area (Å²) in [5.74, 6) is 0.469. The van der Waals surface area contributed by atoms with E-state index in [2.05, 4.69) is 15.6 Å². The highest BCUT2D eigenvalue weighted by Crippen LogP contribution is 2.23. The van der Waals surface area contributed by atoms with Crippen LogP contribution in [-0.4, -0.2) is 65.0 Å². The van der Waals surface area contributed by atoms with E-state index in [1.807, 2.05) is 49.7 Å². The summed E-state index contributed by atoms with van der Waals surface area (Å²) < 4.78 is 7.15. The summed E-state index contributed by atoms with van der Waals surface area (Å²) in [6.07, 6.45) is 3.78. The first-order valence-corrected chi connectivity index (χ1v) is 9.72. The van der Waals surface area contributed by atoms with Gasteiger partial charge < -0.3 is 24.7 Å². The summed E-state index contributed by atoms with van der Waals surface area (Å²) in [5, 5.41) is 6.34. The summed E-state index contributed by atoms with van der Waals surface area (Å²) in [6.45, 7) is 8.46. The number of ether oxygens (including phenoxy) is 1. The number of aromatic nitrogens is 2. The molecule has 0 radical (unpaired) electrons. The van der Waals surface area contributed by atoms with Gasteiger partial charge in [-0.1, -0.05) is 6.07 Å². The lowest BCUT2D eigenvalue weighted by atomic mass is 10.0. The predicted octanol–water partition coefficient (Wildman–Crippen LogP) is 0.441. The second-order valence-corrected chi connectivity index (χ2v) is 8.13. The third kappa shape index (κ3) is 3.27. The van der Waals surface area contributed by atoms with Crippen molar-refractivity contribution >= 4 is 17.3 Å². The van der Waals surface area contributed by atoms with Crippen LogP contribution in [0.4, 0.5) is 0 Å². The van der Waals surface area contributed by atoms with E-state index < -0.39 is 11.6 Å². The first kappa shape index (κ1) is 18.9. The fourth-order valence-corrected chi connectivity index (χ4v) is 3.89. The van der Waals surface area contributed by atoms with Crippen LogP contribution in [0.25, 0.3) is 5.52 Å². The van der Waals surface area contributed by atoms with Gasteiger partial charge >= 0.3 is 0 Å². The Bertz CT molecular complexity index is 902. The smallest absolute Gasteiger partial charge is 0.244 e. The van der Waals surface area contributed by atoms with Crippen molar-refractivity contribution in [3.05, 3.63) is 35.9 Å². The number of nitrogens with one attached hydrogen (secondary N) is 2. The summed E-state index contributed by atoms with van der Waals surface area (Å²) >= 11 is 0. The Balaban J connectivity index is 1.55. The Labute approximate surface area is 164 Å². The normalized spacial score (nSPS) is 20.8. The van der Waals surface area contributed by atoms with Gasteiger partial charge in [0.05, 0.1) is 36.4 Å². The minimum absolute atomic E-state index is 0.00703. The number of carbonyl (C=O) groups is 2. The average Bonchev–Trinajstić information content (AvgIpc) is 3.06. The van der Waals surface area contributed by atoms with E-state index in [-0.39, 0.29) is 17.7 Å². The minimum atomic E-state index is -0.691. The average molecular weight is 385 g/mol. The number of pyridine rings is 1. The van der Waals surface area contributed by atoms with Crippen molar-refractivity contribution < 1.29 is 14.3 Å². The van der Waals surface area contributed by atoms with Crippen LogP contribution in [0.15, 0.2) is 24.5 Å². The molecule has 4 heterocycles. The SMILES string of the molecule is Cc1cccn2c(C(C)(C)NC(=O)[C@H]3CNCCN3C(=O)C3COC3)ncc12. The van der Waals surface area contributed by atoms with Gasteiger partial charge in [0.25, 0.3) is 0 Å². The van der Waals surface area contributed by atoms with Gasteiger partial charge in [0.15, 0.2) is 0 Å². The number of hydrogen-bond donors (Lipinski definition) is 2. The lowest BCUT2D eigenvalue weighted by molar-refractivity contribution is -0.156. The van der Waals surface area contributed by atoms with Crippen molar-refractivity contribution in [2.24, 2.45) is 5.92 Å². The van der Waals surface area contributed by atoms with Crippen molar-refractivity contribution in [2.45, 2.75) is 32.4 Å². The topological polar surface area (TPSA) is 88.0 Å². The van der Waals surface area contributed by atoms with Crippen LogP contribution >= 0.6 is 0 Å². The van der Waals surface area contributed by atoms with Gasteiger partial charge in [-0.05, 0) is 32.4 Å². The molecule has 0 unspecified atom stereocenters. The summed E-state index contributed by atoms with van der Waals surface area (Å²) in [7, 11) is 0. The maximum absolute atomic E-state index is 13.1. The maximum Gasteiger partial charge on any atom is 0.244 e. The highest BCUT2D eigenvalue weighted by atomic mass is 16.5. The van der Waals surface area contributed by atoms with Crippen LogP contribution < -0.4 is 10.6 Å². The van der Waals surface area contributed by atoms with Crippen LogP contribution in [0, 0.1) is 12.8 Å².